The molecular formula is C23H32N2O. The first kappa shape index (κ1) is 20.2. The van der Waals surface area contributed by atoms with Crippen molar-refractivity contribution in [3.8, 4) is 0 Å². The fourth-order valence-corrected chi connectivity index (χ4v) is 3.36. The van der Waals surface area contributed by atoms with Crippen LogP contribution >= 0.6 is 0 Å². The van der Waals surface area contributed by atoms with E-state index >= 15 is 0 Å². The summed E-state index contributed by atoms with van der Waals surface area (Å²) in [6, 6.07) is 0.472. The molecule has 2 atom stereocenters. The number of hydrogen-bond donors (Lipinski definition) is 2. The van der Waals surface area contributed by atoms with Crippen LogP contribution in [-0.4, -0.2) is 25.0 Å². The molecular weight excluding hydrogens is 320 g/mol. The van der Waals surface area contributed by atoms with E-state index in [1.807, 2.05) is 37.3 Å². The maximum absolute atomic E-state index is 12.3. The van der Waals surface area contributed by atoms with Crippen LogP contribution in [0.25, 0.3) is 0 Å². The number of hydrogen-bond acceptors (Lipinski definition) is 2. The van der Waals surface area contributed by atoms with Crippen LogP contribution < -0.4 is 10.6 Å². The van der Waals surface area contributed by atoms with Gasteiger partial charge in [-0.2, -0.15) is 0 Å². The number of amides is 1. The number of allylic oxidation sites excluding steroid dienone is 7. The molecule has 0 bridgehead atoms. The fraction of sp³-hybridized carbons (Fsp3) is 0.435. The molecule has 0 aromatic heterocycles. The molecule has 1 amide bonds. The minimum absolute atomic E-state index is 0.0102. The number of rotatable bonds is 8. The van der Waals surface area contributed by atoms with Gasteiger partial charge in [-0.1, -0.05) is 54.2 Å². The van der Waals surface area contributed by atoms with E-state index in [1.165, 1.54) is 5.57 Å². The molecule has 26 heavy (non-hydrogen) atoms. The average molecular weight is 353 g/mol. The second kappa shape index (κ2) is 10.8. The van der Waals surface area contributed by atoms with Crippen LogP contribution in [0.2, 0.25) is 0 Å². The summed E-state index contributed by atoms with van der Waals surface area (Å²) in [6.45, 7) is 11.5. The lowest BCUT2D eigenvalue weighted by molar-refractivity contribution is -0.117. The van der Waals surface area contributed by atoms with Gasteiger partial charge in [0.1, 0.15) is 0 Å². The minimum atomic E-state index is 0.0102. The molecule has 3 heteroatoms. The predicted molar refractivity (Wildman–Crippen MR) is 111 cm³/mol. The number of nitrogens with one attached hydrogen (secondary N) is 2. The summed E-state index contributed by atoms with van der Waals surface area (Å²) in [5.74, 6) is 0.462. The van der Waals surface area contributed by atoms with Gasteiger partial charge in [-0.25, -0.2) is 0 Å². The van der Waals surface area contributed by atoms with E-state index in [-0.39, 0.29) is 5.91 Å². The molecule has 2 unspecified atom stereocenters. The Labute approximate surface area is 158 Å². The minimum Gasteiger partial charge on any atom is -0.352 e. The molecule has 2 aliphatic carbocycles. The molecule has 0 heterocycles. The molecule has 0 saturated carbocycles. The molecule has 2 rings (SSSR count). The molecule has 0 aromatic carbocycles. The van der Waals surface area contributed by atoms with Crippen LogP contribution in [0.3, 0.4) is 0 Å². The van der Waals surface area contributed by atoms with E-state index < -0.39 is 0 Å². The Kier molecular flexibility index (Phi) is 8.36. The third-order valence-electron chi connectivity index (χ3n) is 4.91. The van der Waals surface area contributed by atoms with Crippen molar-refractivity contribution < 1.29 is 4.79 Å². The fourth-order valence-electron chi connectivity index (χ4n) is 3.36. The van der Waals surface area contributed by atoms with Gasteiger partial charge in [0.15, 0.2) is 0 Å². The Balaban J connectivity index is 1.70. The van der Waals surface area contributed by atoms with Gasteiger partial charge in [0.05, 0.1) is 0 Å². The van der Waals surface area contributed by atoms with Gasteiger partial charge >= 0.3 is 0 Å². The molecule has 0 radical (unpaired) electrons. The van der Waals surface area contributed by atoms with Gasteiger partial charge < -0.3 is 10.6 Å². The first-order chi connectivity index (χ1) is 12.6. The van der Waals surface area contributed by atoms with E-state index in [0.29, 0.717) is 18.5 Å². The van der Waals surface area contributed by atoms with E-state index in [2.05, 4.69) is 35.9 Å². The zero-order valence-corrected chi connectivity index (χ0v) is 16.0. The summed E-state index contributed by atoms with van der Waals surface area (Å²) in [7, 11) is 0. The van der Waals surface area contributed by atoms with Gasteiger partial charge in [0.25, 0.3) is 5.91 Å². The van der Waals surface area contributed by atoms with Gasteiger partial charge in [0.2, 0.25) is 0 Å². The number of carbonyl (C=O) groups is 1. The van der Waals surface area contributed by atoms with Crippen molar-refractivity contribution in [1.29, 1.82) is 0 Å². The van der Waals surface area contributed by atoms with Crippen molar-refractivity contribution in [1.82, 2.24) is 10.6 Å². The highest BCUT2D eigenvalue weighted by molar-refractivity contribution is 5.96. The van der Waals surface area contributed by atoms with Crippen molar-refractivity contribution in [2.75, 3.05) is 13.1 Å². The lowest BCUT2D eigenvalue weighted by Gasteiger charge is -2.17. The molecule has 0 spiro atoms. The predicted octanol–water partition coefficient (Wildman–Crippen LogP) is 4.38. The van der Waals surface area contributed by atoms with Crippen LogP contribution in [0, 0.1) is 5.92 Å². The van der Waals surface area contributed by atoms with E-state index in [1.54, 1.807) is 0 Å². The molecule has 2 N–H and O–H groups in total. The van der Waals surface area contributed by atoms with Crippen molar-refractivity contribution >= 4 is 5.91 Å². The van der Waals surface area contributed by atoms with Crippen molar-refractivity contribution in [2.24, 2.45) is 5.92 Å². The van der Waals surface area contributed by atoms with Gasteiger partial charge in [-0.05, 0) is 57.6 Å². The lowest BCUT2D eigenvalue weighted by Crippen LogP contribution is -2.33. The largest absolute Gasteiger partial charge is 0.352 e. The summed E-state index contributed by atoms with van der Waals surface area (Å²) in [5, 5.41) is 6.65. The maximum atomic E-state index is 12.3. The summed E-state index contributed by atoms with van der Waals surface area (Å²) < 4.78 is 0. The highest BCUT2D eigenvalue weighted by Crippen LogP contribution is 2.23. The quantitative estimate of drug-likeness (QED) is 0.503. The summed E-state index contributed by atoms with van der Waals surface area (Å²) in [4.78, 5) is 12.3. The average Bonchev–Trinajstić information content (AvgIpc) is 2.99. The Morgan fingerprint density at radius 1 is 1.31 bits per heavy atom. The second-order valence-electron chi connectivity index (χ2n) is 7.07. The third-order valence-corrected chi connectivity index (χ3v) is 4.91. The lowest BCUT2D eigenvalue weighted by atomic mass is 10.0. The molecule has 0 fully saturated rings. The monoisotopic (exact) mass is 352 g/mol. The second-order valence-corrected chi connectivity index (χ2v) is 7.07. The zero-order valence-electron chi connectivity index (χ0n) is 16.0. The third kappa shape index (κ3) is 6.64. The SMILES string of the molecule is C=CC1=CC(C=C)CCC(NCCCNC(=O)C2=CC(C)=CCC=C2)C1. The molecule has 0 saturated heterocycles. The van der Waals surface area contributed by atoms with E-state index in [4.69, 9.17) is 0 Å². The van der Waals surface area contributed by atoms with Gasteiger partial charge in [0, 0.05) is 18.2 Å². The maximum Gasteiger partial charge on any atom is 0.251 e. The van der Waals surface area contributed by atoms with Crippen LogP contribution in [0.1, 0.15) is 39.0 Å². The Bertz CT molecular complexity index is 637. The molecule has 3 nitrogen and oxygen atoms in total. The first-order valence-electron chi connectivity index (χ1n) is 9.64. The van der Waals surface area contributed by atoms with Crippen LogP contribution in [0.5, 0.6) is 0 Å². The van der Waals surface area contributed by atoms with E-state index in [9.17, 15) is 4.79 Å². The standard InChI is InChI=1S/C23H32N2O/c1-4-19-11-12-22(17-20(5-2)16-19)24-13-8-14-25-23(26)21-10-7-6-9-18(3)15-21/h4-5,7,9-10,15-16,19,22,24H,1-2,6,8,11-14,17H2,3H3,(H,25,26). The van der Waals surface area contributed by atoms with Crippen LogP contribution in [0.4, 0.5) is 0 Å². The summed E-state index contributed by atoms with van der Waals surface area (Å²) >= 11 is 0. The van der Waals surface area contributed by atoms with Crippen LogP contribution in [0.15, 0.2) is 72.4 Å². The van der Waals surface area contributed by atoms with Crippen molar-refractivity contribution in [3.63, 3.8) is 0 Å². The summed E-state index contributed by atoms with van der Waals surface area (Å²) in [5.41, 5.74) is 3.18. The molecule has 0 aliphatic heterocycles. The van der Waals surface area contributed by atoms with Crippen LogP contribution in [-0.2, 0) is 4.79 Å². The highest BCUT2D eigenvalue weighted by atomic mass is 16.1. The van der Waals surface area contributed by atoms with E-state index in [0.717, 1.165) is 49.8 Å². The summed E-state index contributed by atoms with van der Waals surface area (Å²) in [6.07, 6.45) is 19.4. The van der Waals surface area contributed by atoms with Crippen molar-refractivity contribution in [3.05, 3.63) is 72.4 Å². The van der Waals surface area contributed by atoms with Gasteiger partial charge in [-0.3, -0.25) is 4.79 Å². The Morgan fingerprint density at radius 3 is 2.92 bits per heavy atom. The first-order valence-corrected chi connectivity index (χ1v) is 9.64. The smallest absolute Gasteiger partial charge is 0.251 e. The Hall–Kier alpha value is -2.13. The van der Waals surface area contributed by atoms with Crippen molar-refractivity contribution in [2.45, 2.75) is 45.1 Å². The molecule has 0 aromatic rings. The zero-order chi connectivity index (χ0) is 18.8. The normalized spacial score (nSPS) is 23.0. The molecule has 2 aliphatic rings. The topological polar surface area (TPSA) is 41.1 Å². The Morgan fingerprint density at radius 2 is 2.15 bits per heavy atom. The van der Waals surface area contributed by atoms with Gasteiger partial charge in [-0.15, -0.1) is 6.58 Å². The molecule has 140 valence electrons. The number of carbonyl (C=O) groups excluding carboxylic acids is 1. The highest BCUT2D eigenvalue weighted by Gasteiger charge is 2.16.